The maximum atomic E-state index is 6.03. The van der Waals surface area contributed by atoms with Crippen LogP contribution in [0.5, 0.6) is 0 Å². The van der Waals surface area contributed by atoms with Crippen LogP contribution in [0.15, 0.2) is 18.2 Å². The first kappa shape index (κ1) is 12.7. The van der Waals surface area contributed by atoms with Crippen LogP contribution in [0.2, 0.25) is 10.0 Å². The monoisotopic (exact) mass is 284 g/mol. The molecule has 1 N–H and O–H groups in total. The van der Waals surface area contributed by atoms with Crippen LogP contribution in [0.3, 0.4) is 0 Å². The van der Waals surface area contributed by atoms with Gasteiger partial charge in [0.2, 0.25) is 0 Å². The summed E-state index contributed by atoms with van der Waals surface area (Å²) in [6.07, 6.45) is 3.97. The van der Waals surface area contributed by atoms with Gasteiger partial charge in [0.05, 0.1) is 10.0 Å². The number of rotatable bonds is 3. The number of benzene rings is 1. The fourth-order valence-corrected chi connectivity index (χ4v) is 3.54. The zero-order chi connectivity index (χ0) is 12.5. The quantitative estimate of drug-likeness (QED) is 0.916. The molecule has 1 aromatic rings. The van der Waals surface area contributed by atoms with E-state index in [4.69, 9.17) is 23.2 Å². The number of hydrogen-bond donors (Lipinski definition) is 1. The topological polar surface area (TPSA) is 15.3 Å². The number of fused-ring (bicyclic) bond motifs is 1. The molecule has 0 saturated carbocycles. The van der Waals surface area contributed by atoms with E-state index in [0.717, 1.165) is 12.6 Å². The lowest BCUT2D eigenvalue weighted by Gasteiger charge is -2.21. The van der Waals surface area contributed by atoms with Gasteiger partial charge in [-0.15, -0.1) is 0 Å². The summed E-state index contributed by atoms with van der Waals surface area (Å²) in [6, 6.07) is 7.27. The average molecular weight is 285 g/mol. The second-order valence-corrected chi connectivity index (χ2v) is 6.08. The highest BCUT2D eigenvalue weighted by Gasteiger charge is 2.36. The van der Waals surface area contributed by atoms with Gasteiger partial charge in [-0.1, -0.05) is 29.3 Å². The highest BCUT2D eigenvalue weighted by molar-refractivity contribution is 6.42. The van der Waals surface area contributed by atoms with Gasteiger partial charge in [-0.2, -0.15) is 0 Å². The normalized spacial score (nSPS) is 27.7. The molecule has 98 valence electrons. The lowest BCUT2D eigenvalue weighted by molar-refractivity contribution is 0.298. The van der Waals surface area contributed by atoms with Gasteiger partial charge in [-0.3, -0.25) is 4.90 Å². The lowest BCUT2D eigenvalue weighted by atomic mass is 10.1. The van der Waals surface area contributed by atoms with Crippen LogP contribution in [0.4, 0.5) is 0 Å². The van der Waals surface area contributed by atoms with Crippen LogP contribution in [0.1, 0.15) is 24.8 Å². The Balaban J connectivity index is 1.59. The summed E-state index contributed by atoms with van der Waals surface area (Å²) in [5.41, 5.74) is 1.21. The third-order valence-corrected chi connectivity index (χ3v) is 4.90. The Bertz CT molecular complexity index is 436. The molecule has 0 spiro atoms. The van der Waals surface area contributed by atoms with E-state index in [2.05, 4.69) is 10.2 Å². The highest BCUT2D eigenvalue weighted by atomic mass is 35.5. The van der Waals surface area contributed by atoms with Crippen LogP contribution < -0.4 is 5.32 Å². The molecule has 18 heavy (non-hydrogen) atoms. The number of nitrogens with one attached hydrogen (secondary N) is 1. The SMILES string of the molecule is Clc1ccc(CNC2CCN3CCCC23)cc1Cl. The van der Waals surface area contributed by atoms with E-state index in [-0.39, 0.29) is 0 Å². The molecule has 0 aliphatic carbocycles. The van der Waals surface area contributed by atoms with Gasteiger partial charge in [-0.25, -0.2) is 0 Å². The molecule has 2 nitrogen and oxygen atoms in total. The fourth-order valence-electron chi connectivity index (χ4n) is 3.22. The lowest BCUT2D eigenvalue weighted by Crippen LogP contribution is -2.38. The largest absolute Gasteiger partial charge is 0.308 e. The van der Waals surface area contributed by atoms with E-state index in [1.54, 1.807) is 0 Å². The smallest absolute Gasteiger partial charge is 0.0595 e. The predicted octanol–water partition coefficient (Wildman–Crippen LogP) is 3.32. The van der Waals surface area contributed by atoms with E-state index in [1.807, 2.05) is 18.2 Å². The third-order valence-electron chi connectivity index (χ3n) is 4.16. The maximum Gasteiger partial charge on any atom is 0.0595 e. The van der Waals surface area contributed by atoms with Gasteiger partial charge in [-0.05, 0) is 43.5 Å². The minimum Gasteiger partial charge on any atom is -0.308 e. The van der Waals surface area contributed by atoms with E-state index >= 15 is 0 Å². The highest BCUT2D eigenvalue weighted by Crippen LogP contribution is 2.28. The summed E-state index contributed by atoms with van der Waals surface area (Å²) in [5, 5.41) is 4.94. The molecule has 2 saturated heterocycles. The summed E-state index contributed by atoms with van der Waals surface area (Å²) in [6.45, 7) is 3.42. The number of halogens is 2. The Labute approximate surface area is 118 Å². The van der Waals surface area contributed by atoms with E-state index in [9.17, 15) is 0 Å². The fraction of sp³-hybridized carbons (Fsp3) is 0.571. The van der Waals surface area contributed by atoms with Gasteiger partial charge in [0, 0.05) is 25.2 Å². The first-order valence-corrected chi connectivity index (χ1v) is 7.41. The average Bonchev–Trinajstić information content (AvgIpc) is 2.94. The van der Waals surface area contributed by atoms with E-state index in [1.165, 1.54) is 37.9 Å². The predicted molar refractivity (Wildman–Crippen MR) is 76.3 cm³/mol. The third kappa shape index (κ3) is 2.53. The van der Waals surface area contributed by atoms with Gasteiger partial charge in [0.15, 0.2) is 0 Å². The van der Waals surface area contributed by atoms with E-state index < -0.39 is 0 Å². The molecular weight excluding hydrogens is 267 g/mol. The zero-order valence-corrected chi connectivity index (χ0v) is 11.8. The second-order valence-electron chi connectivity index (χ2n) is 5.27. The Hall–Kier alpha value is -0.280. The standard InChI is InChI=1S/C14H18Cl2N2/c15-11-4-3-10(8-12(11)16)9-17-13-5-7-18-6-1-2-14(13)18/h3-4,8,13-14,17H,1-2,5-7,9H2. The van der Waals surface area contributed by atoms with Crippen molar-refractivity contribution in [3.63, 3.8) is 0 Å². The van der Waals surface area contributed by atoms with Crippen molar-refractivity contribution in [2.45, 2.75) is 37.9 Å². The first-order valence-electron chi connectivity index (χ1n) is 6.65. The molecule has 4 heteroatoms. The van der Waals surface area contributed by atoms with Crippen molar-refractivity contribution in [3.05, 3.63) is 33.8 Å². The molecule has 1 aromatic carbocycles. The summed E-state index contributed by atoms with van der Waals surface area (Å²) < 4.78 is 0. The Morgan fingerprint density at radius 1 is 1.17 bits per heavy atom. The molecule has 0 amide bonds. The molecule has 2 atom stereocenters. The van der Waals surface area contributed by atoms with Crippen molar-refractivity contribution in [2.24, 2.45) is 0 Å². The maximum absolute atomic E-state index is 6.03. The minimum atomic E-state index is 0.628. The molecule has 2 aliphatic heterocycles. The Kier molecular flexibility index (Phi) is 3.81. The van der Waals surface area contributed by atoms with Crippen LogP contribution in [0, 0.1) is 0 Å². The van der Waals surface area contributed by atoms with E-state index in [0.29, 0.717) is 16.1 Å². The summed E-state index contributed by atoms with van der Waals surface area (Å²) >= 11 is 12.0. The molecular formula is C14H18Cl2N2. The molecule has 2 unspecified atom stereocenters. The van der Waals surface area contributed by atoms with Gasteiger partial charge >= 0.3 is 0 Å². The molecule has 2 aliphatic rings. The summed E-state index contributed by atoms with van der Waals surface area (Å²) in [5.74, 6) is 0. The van der Waals surface area contributed by atoms with Crippen molar-refractivity contribution < 1.29 is 0 Å². The van der Waals surface area contributed by atoms with Gasteiger partial charge in [0.25, 0.3) is 0 Å². The van der Waals surface area contributed by atoms with Crippen LogP contribution in [-0.4, -0.2) is 30.1 Å². The summed E-state index contributed by atoms with van der Waals surface area (Å²) in [7, 11) is 0. The first-order chi connectivity index (χ1) is 8.74. The summed E-state index contributed by atoms with van der Waals surface area (Å²) in [4.78, 5) is 2.62. The van der Waals surface area contributed by atoms with Crippen molar-refractivity contribution in [1.29, 1.82) is 0 Å². The second kappa shape index (κ2) is 5.38. The van der Waals surface area contributed by atoms with Crippen molar-refractivity contribution in [3.8, 4) is 0 Å². The Morgan fingerprint density at radius 3 is 2.89 bits per heavy atom. The molecule has 0 bridgehead atoms. The van der Waals surface area contributed by atoms with Gasteiger partial charge < -0.3 is 5.32 Å². The molecule has 2 fully saturated rings. The molecule has 2 heterocycles. The van der Waals surface area contributed by atoms with Crippen molar-refractivity contribution in [1.82, 2.24) is 10.2 Å². The zero-order valence-electron chi connectivity index (χ0n) is 10.3. The molecule has 0 radical (unpaired) electrons. The molecule has 0 aromatic heterocycles. The van der Waals surface area contributed by atoms with Crippen molar-refractivity contribution in [2.75, 3.05) is 13.1 Å². The molecule has 3 rings (SSSR count). The van der Waals surface area contributed by atoms with Crippen LogP contribution in [0.25, 0.3) is 0 Å². The van der Waals surface area contributed by atoms with Crippen LogP contribution in [-0.2, 0) is 6.54 Å². The Morgan fingerprint density at radius 2 is 2.06 bits per heavy atom. The number of hydrogen-bond acceptors (Lipinski definition) is 2. The van der Waals surface area contributed by atoms with Crippen LogP contribution >= 0.6 is 23.2 Å². The van der Waals surface area contributed by atoms with Crippen molar-refractivity contribution >= 4 is 23.2 Å². The number of nitrogens with zero attached hydrogens (tertiary/aromatic N) is 1. The minimum absolute atomic E-state index is 0.628. The van der Waals surface area contributed by atoms with Gasteiger partial charge in [0.1, 0.15) is 0 Å².